The largest absolute Gasteiger partial charge is 0.462 e. The van der Waals surface area contributed by atoms with Crippen LogP contribution in [0.3, 0.4) is 0 Å². The molecule has 0 spiro atoms. The summed E-state index contributed by atoms with van der Waals surface area (Å²) >= 11 is 0. The maximum absolute atomic E-state index is 12.8. The van der Waals surface area contributed by atoms with Gasteiger partial charge in [0.15, 0.2) is 6.10 Å². The van der Waals surface area contributed by atoms with Gasteiger partial charge in [-0.2, -0.15) is 0 Å². The molecule has 0 aromatic carbocycles. The highest BCUT2D eigenvalue weighted by Gasteiger charge is 2.19. The summed E-state index contributed by atoms with van der Waals surface area (Å²) in [5, 5.41) is 0. The highest BCUT2D eigenvalue weighted by Crippen LogP contribution is 2.18. The first-order valence-corrected chi connectivity index (χ1v) is 28.4. The Bertz CT molecular complexity index is 949. The van der Waals surface area contributed by atoms with Gasteiger partial charge in [-0.05, 0) is 25.2 Å². The predicted molar refractivity (Wildman–Crippen MR) is 270 cm³/mol. The number of carbonyl (C=O) groups is 3. The zero-order valence-electron chi connectivity index (χ0n) is 43.0. The van der Waals surface area contributed by atoms with Gasteiger partial charge in [-0.3, -0.25) is 14.4 Å². The van der Waals surface area contributed by atoms with Crippen molar-refractivity contribution in [1.82, 2.24) is 0 Å². The van der Waals surface area contributed by atoms with E-state index in [-0.39, 0.29) is 31.1 Å². The van der Waals surface area contributed by atoms with Gasteiger partial charge in [-0.1, -0.05) is 285 Å². The van der Waals surface area contributed by atoms with Crippen molar-refractivity contribution in [3.05, 3.63) is 0 Å². The lowest BCUT2D eigenvalue weighted by atomic mass is 10.0. The summed E-state index contributed by atoms with van der Waals surface area (Å²) in [6.45, 7) is 9.06. The zero-order valence-corrected chi connectivity index (χ0v) is 43.0. The molecule has 0 aromatic heterocycles. The summed E-state index contributed by atoms with van der Waals surface area (Å²) in [4.78, 5) is 38.1. The Labute approximate surface area is 393 Å². The van der Waals surface area contributed by atoms with Crippen molar-refractivity contribution < 1.29 is 28.6 Å². The molecule has 6 heteroatoms. The monoisotopic (exact) mass is 891 g/mol. The smallest absolute Gasteiger partial charge is 0.306 e. The van der Waals surface area contributed by atoms with Crippen molar-refractivity contribution in [2.45, 2.75) is 329 Å². The van der Waals surface area contributed by atoms with Gasteiger partial charge in [0, 0.05) is 19.3 Å². The SMILES string of the molecule is CCCCCCCCCCCCCCCCC(=O)OC[C@@H](COC(=O)CCCCCCCCCCCCCC)OC(=O)CCCCCCCCCCCCCCCCCCC(C)C. The third-order valence-electron chi connectivity index (χ3n) is 13.0. The van der Waals surface area contributed by atoms with E-state index >= 15 is 0 Å². The molecule has 0 amide bonds. The molecule has 6 nitrogen and oxygen atoms in total. The van der Waals surface area contributed by atoms with Crippen LogP contribution in [0.5, 0.6) is 0 Å². The Hall–Kier alpha value is -1.59. The van der Waals surface area contributed by atoms with Crippen molar-refractivity contribution >= 4 is 17.9 Å². The van der Waals surface area contributed by atoms with Gasteiger partial charge >= 0.3 is 17.9 Å². The molecule has 0 aliphatic carbocycles. The van der Waals surface area contributed by atoms with Gasteiger partial charge in [0.2, 0.25) is 0 Å². The van der Waals surface area contributed by atoms with Crippen molar-refractivity contribution in [1.29, 1.82) is 0 Å². The molecule has 0 bridgehead atoms. The van der Waals surface area contributed by atoms with E-state index in [9.17, 15) is 14.4 Å². The molecule has 0 rings (SSSR count). The Morgan fingerprint density at radius 3 is 0.778 bits per heavy atom. The average molecular weight is 892 g/mol. The second-order valence-electron chi connectivity index (χ2n) is 20.1. The van der Waals surface area contributed by atoms with Gasteiger partial charge in [0.05, 0.1) is 0 Å². The van der Waals surface area contributed by atoms with Crippen LogP contribution in [0.25, 0.3) is 0 Å². The normalized spacial score (nSPS) is 12.0. The molecule has 0 heterocycles. The maximum Gasteiger partial charge on any atom is 0.306 e. The Morgan fingerprint density at radius 2 is 0.524 bits per heavy atom. The summed E-state index contributed by atoms with van der Waals surface area (Å²) < 4.78 is 16.9. The molecule has 0 aliphatic heterocycles. The predicted octanol–water partition coefficient (Wildman–Crippen LogP) is 18.6. The summed E-state index contributed by atoms with van der Waals surface area (Å²) in [6.07, 6.45) is 55.2. The third kappa shape index (κ3) is 51.3. The first-order valence-electron chi connectivity index (χ1n) is 28.4. The fourth-order valence-electron chi connectivity index (χ4n) is 8.75. The van der Waals surface area contributed by atoms with Crippen LogP contribution < -0.4 is 0 Å². The van der Waals surface area contributed by atoms with E-state index in [0.29, 0.717) is 19.3 Å². The van der Waals surface area contributed by atoms with Crippen LogP contribution in [0.4, 0.5) is 0 Å². The molecule has 0 fully saturated rings. The molecule has 1 atom stereocenters. The highest BCUT2D eigenvalue weighted by molar-refractivity contribution is 5.71. The van der Waals surface area contributed by atoms with Crippen LogP contribution in [0.1, 0.15) is 323 Å². The quantitative estimate of drug-likeness (QED) is 0.0344. The molecule has 0 radical (unpaired) electrons. The maximum atomic E-state index is 12.8. The van der Waals surface area contributed by atoms with E-state index in [0.717, 1.165) is 63.7 Å². The number of rotatable bonds is 52. The molecule has 374 valence electrons. The van der Waals surface area contributed by atoms with Crippen LogP contribution >= 0.6 is 0 Å². The Balaban J connectivity index is 4.27. The third-order valence-corrected chi connectivity index (χ3v) is 13.0. The Kier molecular flexibility index (Phi) is 50.1. The number of unbranched alkanes of at least 4 members (excludes halogenated alkanes) is 39. The average Bonchev–Trinajstić information content (AvgIpc) is 3.27. The second kappa shape index (κ2) is 51.4. The summed E-state index contributed by atoms with van der Waals surface area (Å²) in [7, 11) is 0. The molecule has 0 aliphatic rings. The van der Waals surface area contributed by atoms with Crippen LogP contribution in [0, 0.1) is 5.92 Å². The van der Waals surface area contributed by atoms with Crippen LogP contribution in [0.2, 0.25) is 0 Å². The molecule has 0 saturated heterocycles. The highest BCUT2D eigenvalue weighted by atomic mass is 16.6. The fraction of sp³-hybridized carbons (Fsp3) is 0.947. The van der Waals surface area contributed by atoms with Gasteiger partial charge < -0.3 is 14.2 Å². The van der Waals surface area contributed by atoms with Gasteiger partial charge in [-0.15, -0.1) is 0 Å². The molecular formula is C57H110O6. The number of carbonyl (C=O) groups excluding carboxylic acids is 3. The minimum atomic E-state index is -0.761. The first kappa shape index (κ1) is 61.4. The van der Waals surface area contributed by atoms with E-state index in [1.165, 1.54) is 218 Å². The number of ether oxygens (including phenoxy) is 3. The molecular weight excluding hydrogens is 781 g/mol. The van der Waals surface area contributed by atoms with E-state index in [1.807, 2.05) is 0 Å². The van der Waals surface area contributed by atoms with Gasteiger partial charge in [0.1, 0.15) is 13.2 Å². The van der Waals surface area contributed by atoms with E-state index in [2.05, 4.69) is 27.7 Å². The minimum Gasteiger partial charge on any atom is -0.462 e. The number of hydrogen-bond acceptors (Lipinski definition) is 6. The van der Waals surface area contributed by atoms with Crippen molar-refractivity contribution in [3.8, 4) is 0 Å². The zero-order chi connectivity index (χ0) is 45.9. The summed E-state index contributed by atoms with van der Waals surface area (Å²) in [5.74, 6) is 0.0152. The second-order valence-corrected chi connectivity index (χ2v) is 20.1. The summed E-state index contributed by atoms with van der Waals surface area (Å²) in [5.41, 5.74) is 0. The molecule has 0 unspecified atom stereocenters. The lowest BCUT2D eigenvalue weighted by Crippen LogP contribution is -2.30. The van der Waals surface area contributed by atoms with Gasteiger partial charge in [0.25, 0.3) is 0 Å². The van der Waals surface area contributed by atoms with Crippen molar-refractivity contribution in [3.63, 3.8) is 0 Å². The minimum absolute atomic E-state index is 0.0619. The topological polar surface area (TPSA) is 78.9 Å². The van der Waals surface area contributed by atoms with E-state index in [1.54, 1.807) is 0 Å². The lowest BCUT2D eigenvalue weighted by molar-refractivity contribution is -0.167. The molecule has 63 heavy (non-hydrogen) atoms. The van der Waals surface area contributed by atoms with Crippen LogP contribution in [0.15, 0.2) is 0 Å². The van der Waals surface area contributed by atoms with E-state index in [4.69, 9.17) is 14.2 Å². The van der Waals surface area contributed by atoms with Gasteiger partial charge in [-0.25, -0.2) is 0 Å². The fourth-order valence-corrected chi connectivity index (χ4v) is 8.75. The lowest BCUT2D eigenvalue weighted by Gasteiger charge is -2.18. The first-order chi connectivity index (χ1) is 30.9. The Morgan fingerprint density at radius 1 is 0.302 bits per heavy atom. The van der Waals surface area contributed by atoms with Crippen LogP contribution in [-0.4, -0.2) is 37.2 Å². The van der Waals surface area contributed by atoms with Crippen molar-refractivity contribution in [2.75, 3.05) is 13.2 Å². The molecule has 0 N–H and O–H groups in total. The summed E-state index contributed by atoms with van der Waals surface area (Å²) in [6, 6.07) is 0. The molecule has 0 saturated carbocycles. The molecule has 0 aromatic rings. The number of hydrogen-bond donors (Lipinski definition) is 0. The number of esters is 3. The van der Waals surface area contributed by atoms with E-state index < -0.39 is 6.10 Å². The van der Waals surface area contributed by atoms with Crippen LogP contribution in [-0.2, 0) is 28.6 Å². The van der Waals surface area contributed by atoms with Crippen molar-refractivity contribution in [2.24, 2.45) is 5.92 Å². The standard InChI is InChI=1S/C57H110O6/c1-5-7-9-11-13-15-17-19-25-29-33-37-41-45-49-56(59)62-52-54(51-61-55(58)48-44-40-36-32-28-18-16-14-12-10-8-6-2)63-57(60)50-46-42-38-34-30-26-23-21-20-22-24-27-31-35-39-43-47-53(3)4/h53-54H,5-52H2,1-4H3/t54-/m1/s1.